The van der Waals surface area contributed by atoms with Crippen LogP contribution < -0.4 is 10.2 Å². The van der Waals surface area contributed by atoms with Crippen LogP contribution in [0.15, 0.2) is 46.4 Å². The van der Waals surface area contributed by atoms with Crippen LogP contribution in [0, 0.1) is 6.92 Å². The molecule has 0 bridgehead atoms. The fourth-order valence-electron chi connectivity index (χ4n) is 3.27. The molecule has 0 saturated heterocycles. The van der Waals surface area contributed by atoms with E-state index in [9.17, 15) is 18.0 Å². The number of nitrogens with one attached hydrogen (secondary N) is 1. The normalized spacial score (nSPS) is 15.3. The number of nitrogens with zero attached hydrogens (tertiary/aromatic N) is 4. The van der Waals surface area contributed by atoms with Gasteiger partial charge in [-0.2, -0.15) is 0 Å². The van der Waals surface area contributed by atoms with E-state index in [1.54, 1.807) is 6.07 Å². The van der Waals surface area contributed by atoms with E-state index in [-0.39, 0.29) is 40.1 Å². The Bertz CT molecular complexity index is 1340. The number of methoxy groups -OCH3 is 1. The van der Waals surface area contributed by atoms with Crippen LogP contribution in [0.4, 0.5) is 17.1 Å². The van der Waals surface area contributed by atoms with Crippen LogP contribution >= 0.6 is 11.6 Å². The molecule has 1 aliphatic heterocycles. The van der Waals surface area contributed by atoms with Gasteiger partial charge in [0.1, 0.15) is 0 Å². The number of ether oxygens (including phenoxy) is 1. The number of halogens is 1. The summed E-state index contributed by atoms with van der Waals surface area (Å²) in [5.74, 6) is -1.62. The summed E-state index contributed by atoms with van der Waals surface area (Å²) in [6, 6.07) is 9.74. The molecule has 0 fully saturated rings. The zero-order chi connectivity index (χ0) is 25.9. The second kappa shape index (κ2) is 10.4. The molecule has 0 spiro atoms. The summed E-state index contributed by atoms with van der Waals surface area (Å²) >= 11 is 6.24. The lowest BCUT2D eigenvalue weighted by atomic mass is 10.1. The minimum Gasteiger partial charge on any atom is -0.465 e. The maximum Gasteiger partial charge on any atom is 0.337 e. The molecule has 1 amide bonds. The monoisotopic (exact) mass is 519 g/mol. The van der Waals surface area contributed by atoms with Crippen LogP contribution in [0.25, 0.3) is 0 Å². The number of rotatable bonds is 6. The lowest BCUT2D eigenvalue weighted by molar-refractivity contribution is -0.110. The van der Waals surface area contributed by atoms with Crippen molar-refractivity contribution in [1.29, 1.82) is 0 Å². The second-order valence-electron chi connectivity index (χ2n) is 7.95. The van der Waals surface area contributed by atoms with Gasteiger partial charge < -0.3 is 15.0 Å². The molecule has 10 nitrogen and oxygen atoms in total. The molecular weight excluding hydrogens is 494 g/mol. The van der Waals surface area contributed by atoms with Crippen LogP contribution in [0.1, 0.15) is 15.9 Å². The van der Waals surface area contributed by atoms with Gasteiger partial charge >= 0.3 is 5.97 Å². The molecule has 2 aromatic rings. The molecule has 0 saturated carbocycles. The number of amidine groups is 1. The number of carbonyl (C=O) groups excluding carboxylic acids is 2. The highest BCUT2D eigenvalue weighted by Gasteiger charge is 2.32. The summed E-state index contributed by atoms with van der Waals surface area (Å²) in [4.78, 5) is 36.1. The molecule has 0 atom stereocenters. The van der Waals surface area contributed by atoms with E-state index in [1.165, 1.54) is 32.4 Å². The van der Waals surface area contributed by atoms with Crippen molar-refractivity contribution in [2.75, 3.05) is 50.8 Å². The Morgan fingerprint density at radius 1 is 1.20 bits per heavy atom. The van der Waals surface area contributed by atoms with Crippen molar-refractivity contribution >= 4 is 62.1 Å². The number of benzene rings is 2. The van der Waals surface area contributed by atoms with Crippen LogP contribution in [-0.2, 0) is 19.6 Å². The largest absolute Gasteiger partial charge is 0.465 e. The van der Waals surface area contributed by atoms with E-state index in [2.05, 4.69) is 15.3 Å². The van der Waals surface area contributed by atoms with Gasteiger partial charge in [0.15, 0.2) is 11.5 Å². The van der Waals surface area contributed by atoms with E-state index in [0.29, 0.717) is 5.69 Å². The number of aryl methyl sites for hydroxylation is 1. The Morgan fingerprint density at radius 2 is 1.91 bits per heavy atom. The first kappa shape index (κ1) is 26.2. The van der Waals surface area contributed by atoms with E-state index in [0.717, 1.165) is 15.6 Å². The minimum absolute atomic E-state index is 0.00849. The molecule has 35 heavy (non-hydrogen) atoms. The first-order chi connectivity index (χ1) is 16.4. The first-order valence-electron chi connectivity index (χ1n) is 10.5. The number of esters is 1. The smallest absolute Gasteiger partial charge is 0.337 e. The van der Waals surface area contributed by atoms with Gasteiger partial charge in [0.05, 0.1) is 41.4 Å². The van der Waals surface area contributed by atoms with E-state index >= 15 is 0 Å². The Kier molecular flexibility index (Phi) is 7.81. The maximum atomic E-state index is 13.4. The number of hydrogen-bond donors (Lipinski definition) is 1. The molecular formula is C23H26ClN5O5S. The van der Waals surface area contributed by atoms with Crippen molar-refractivity contribution in [3.63, 3.8) is 0 Å². The van der Waals surface area contributed by atoms with Crippen molar-refractivity contribution in [3.05, 3.63) is 52.5 Å². The summed E-state index contributed by atoms with van der Waals surface area (Å²) in [5, 5.41) is 2.79. The molecule has 0 aromatic heterocycles. The molecule has 186 valence electrons. The van der Waals surface area contributed by atoms with Gasteiger partial charge in [-0.25, -0.2) is 18.2 Å². The Hall–Kier alpha value is -3.44. The molecule has 0 aliphatic carbocycles. The predicted molar refractivity (Wildman–Crippen MR) is 138 cm³/mol. The van der Waals surface area contributed by atoms with Gasteiger partial charge in [-0.15, -0.1) is 0 Å². The zero-order valence-electron chi connectivity index (χ0n) is 20.0. The van der Waals surface area contributed by atoms with Crippen LogP contribution in [0.2, 0.25) is 5.02 Å². The molecule has 2 aromatic carbocycles. The van der Waals surface area contributed by atoms with Gasteiger partial charge in [-0.05, 0) is 48.9 Å². The third-order valence-corrected chi connectivity index (χ3v) is 7.35. The number of amides is 1. The summed E-state index contributed by atoms with van der Waals surface area (Å²) < 4.78 is 30.7. The second-order valence-corrected chi connectivity index (χ2v) is 10.5. The number of hydrogen-bond acceptors (Lipinski definition) is 8. The third kappa shape index (κ3) is 5.80. The topological polar surface area (TPSA) is 121 Å². The molecule has 0 unspecified atom stereocenters. The average molecular weight is 520 g/mol. The average Bonchev–Trinajstić information content (AvgIpc) is 2.81. The maximum absolute atomic E-state index is 13.4. The van der Waals surface area contributed by atoms with Crippen LogP contribution in [0.5, 0.6) is 0 Å². The van der Waals surface area contributed by atoms with Crippen molar-refractivity contribution in [2.24, 2.45) is 9.98 Å². The number of aliphatic imine (C=N–C) groups is 2. The third-order valence-electron chi connectivity index (χ3n) is 5.32. The van der Waals surface area contributed by atoms with E-state index in [1.807, 2.05) is 38.1 Å². The highest BCUT2D eigenvalue weighted by Crippen LogP contribution is 2.26. The number of anilines is 2. The highest BCUT2D eigenvalue weighted by atomic mass is 35.5. The Balaban J connectivity index is 2.09. The van der Waals surface area contributed by atoms with E-state index < -0.39 is 21.9 Å². The minimum atomic E-state index is -3.66. The van der Waals surface area contributed by atoms with E-state index in [4.69, 9.17) is 16.3 Å². The predicted octanol–water partition coefficient (Wildman–Crippen LogP) is 2.89. The van der Waals surface area contributed by atoms with Crippen molar-refractivity contribution in [2.45, 2.75) is 6.92 Å². The van der Waals surface area contributed by atoms with Gasteiger partial charge in [0.2, 0.25) is 10.0 Å². The fraction of sp³-hybridized carbons (Fsp3) is 0.304. The number of carbonyl (C=O) groups is 2. The summed E-state index contributed by atoms with van der Waals surface area (Å²) in [5.41, 5.74) is 2.28. The van der Waals surface area contributed by atoms with Crippen LogP contribution in [-0.4, -0.2) is 76.7 Å². The van der Waals surface area contributed by atoms with Gasteiger partial charge in [-0.1, -0.05) is 11.6 Å². The van der Waals surface area contributed by atoms with Gasteiger partial charge in [-0.3, -0.25) is 14.1 Å². The lowest BCUT2D eigenvalue weighted by Crippen LogP contribution is -2.47. The zero-order valence-corrected chi connectivity index (χ0v) is 21.6. The van der Waals surface area contributed by atoms with Crippen LogP contribution in [0.3, 0.4) is 0 Å². The van der Waals surface area contributed by atoms with Crippen molar-refractivity contribution < 1.29 is 22.7 Å². The molecule has 1 N–H and O–H groups in total. The molecule has 12 heteroatoms. The number of sulfonamides is 1. The van der Waals surface area contributed by atoms with Gasteiger partial charge in [0.25, 0.3) is 5.91 Å². The van der Waals surface area contributed by atoms with Crippen molar-refractivity contribution in [3.8, 4) is 0 Å². The molecule has 1 heterocycles. The molecule has 0 radical (unpaired) electrons. The first-order valence-corrected chi connectivity index (χ1v) is 12.5. The Morgan fingerprint density at radius 3 is 2.54 bits per heavy atom. The van der Waals surface area contributed by atoms with Crippen molar-refractivity contribution in [1.82, 2.24) is 4.31 Å². The summed E-state index contributed by atoms with van der Waals surface area (Å²) in [7, 11) is 2.70. The fourth-order valence-corrected chi connectivity index (χ4v) is 4.44. The SMILES string of the molecule is COC(=O)c1ccc(Cl)c(NC(=O)/C(=N\c2ccc(N(C)C)cc2C)C2=NCCS(=O)(=O)N2C)c1. The summed E-state index contributed by atoms with van der Waals surface area (Å²) in [6.45, 7) is 1.83. The lowest BCUT2D eigenvalue weighted by Gasteiger charge is -2.25. The summed E-state index contributed by atoms with van der Waals surface area (Å²) in [6.07, 6.45) is 0. The quantitative estimate of drug-likeness (QED) is 0.462. The highest BCUT2D eigenvalue weighted by molar-refractivity contribution is 7.89. The molecule has 1 aliphatic rings. The Labute approximate surface area is 209 Å². The molecule has 3 rings (SSSR count). The standard InChI is InChI=1S/C23H26ClN5O5S/c1-14-12-16(28(2)3)7-9-18(14)26-20(21-25-10-11-35(32,33)29(21)4)22(30)27-19-13-15(23(31)34-5)6-8-17(19)24/h6-9,12-13H,10-11H2,1-5H3,(H,27,30)/b26-20-. The van der Waals surface area contributed by atoms with Gasteiger partial charge in [0, 0.05) is 26.8 Å².